The van der Waals surface area contributed by atoms with Crippen LogP contribution in [0, 0.1) is 11.7 Å². The summed E-state index contributed by atoms with van der Waals surface area (Å²) in [7, 11) is 0. The molecule has 0 bridgehead atoms. The van der Waals surface area contributed by atoms with Crippen molar-refractivity contribution in [1.29, 1.82) is 0 Å². The van der Waals surface area contributed by atoms with E-state index in [-0.39, 0.29) is 17.5 Å². The fourth-order valence-corrected chi connectivity index (χ4v) is 1.68. The zero-order chi connectivity index (χ0) is 13.1. The lowest BCUT2D eigenvalue weighted by atomic mass is 9.85. The average molecular weight is 259 g/mol. The van der Waals surface area contributed by atoms with E-state index in [1.54, 1.807) is 0 Å². The summed E-state index contributed by atoms with van der Waals surface area (Å²) in [6.07, 6.45) is 2.69. The van der Waals surface area contributed by atoms with Gasteiger partial charge in [-0.3, -0.25) is 4.79 Å². The molecule has 1 aromatic carbocycles. The van der Waals surface area contributed by atoms with Crippen LogP contribution in [0.2, 0.25) is 0 Å². The molecule has 98 valence electrons. The number of ether oxygens (including phenoxy) is 1. The lowest BCUT2D eigenvalue weighted by Gasteiger charge is -2.24. The Labute approximate surface area is 102 Å². The molecule has 0 heterocycles. The second-order valence-corrected chi connectivity index (χ2v) is 4.14. The summed E-state index contributed by atoms with van der Waals surface area (Å²) in [5, 5.41) is 2.54. The first-order valence-corrected chi connectivity index (χ1v) is 5.61. The van der Waals surface area contributed by atoms with Gasteiger partial charge in [-0.1, -0.05) is 6.42 Å². The highest BCUT2D eigenvalue weighted by Crippen LogP contribution is 2.28. The van der Waals surface area contributed by atoms with E-state index in [1.165, 1.54) is 6.07 Å². The highest BCUT2D eigenvalue weighted by molar-refractivity contribution is 5.93. The first kappa shape index (κ1) is 12.7. The van der Waals surface area contributed by atoms with Crippen molar-refractivity contribution in [3.8, 4) is 5.75 Å². The van der Waals surface area contributed by atoms with Crippen molar-refractivity contribution in [2.24, 2.45) is 5.92 Å². The normalized spacial score (nSPS) is 15.3. The fraction of sp³-hybridized carbons (Fsp3) is 0.417. The van der Waals surface area contributed by atoms with Gasteiger partial charge in [-0.15, -0.1) is 0 Å². The Morgan fingerprint density at radius 1 is 1.39 bits per heavy atom. The molecule has 18 heavy (non-hydrogen) atoms. The number of amides is 1. The van der Waals surface area contributed by atoms with Gasteiger partial charge in [0, 0.05) is 17.7 Å². The predicted molar refractivity (Wildman–Crippen MR) is 59.0 cm³/mol. The van der Waals surface area contributed by atoms with Crippen molar-refractivity contribution < 1.29 is 22.7 Å². The number of hydrogen-bond acceptors (Lipinski definition) is 2. The third-order valence-electron chi connectivity index (χ3n) is 2.89. The molecule has 1 N–H and O–H groups in total. The van der Waals surface area contributed by atoms with Gasteiger partial charge in [-0.05, 0) is 25.0 Å². The number of nitrogens with one attached hydrogen (secondary N) is 1. The van der Waals surface area contributed by atoms with Crippen LogP contribution >= 0.6 is 0 Å². The molecular formula is C12H12F3NO2. The van der Waals surface area contributed by atoms with E-state index in [9.17, 15) is 18.0 Å². The average Bonchev–Trinajstić information content (AvgIpc) is 2.18. The minimum atomic E-state index is -3.07. The molecule has 0 saturated heterocycles. The van der Waals surface area contributed by atoms with Crippen LogP contribution in [0.1, 0.15) is 19.3 Å². The Bertz CT molecular complexity index is 447. The summed E-state index contributed by atoms with van der Waals surface area (Å²) < 4.78 is 41.1. The van der Waals surface area contributed by atoms with Crippen LogP contribution in [0.25, 0.3) is 0 Å². The van der Waals surface area contributed by atoms with E-state index in [0.29, 0.717) is 0 Å². The summed E-state index contributed by atoms with van der Waals surface area (Å²) in [6, 6.07) is 3.36. The molecular weight excluding hydrogens is 247 g/mol. The molecule has 0 radical (unpaired) electrons. The maximum absolute atomic E-state index is 13.3. The van der Waals surface area contributed by atoms with E-state index in [0.717, 1.165) is 31.4 Å². The molecule has 1 aliphatic carbocycles. The van der Waals surface area contributed by atoms with Crippen LogP contribution in [-0.4, -0.2) is 12.5 Å². The van der Waals surface area contributed by atoms with E-state index in [1.807, 2.05) is 0 Å². The molecule has 1 saturated carbocycles. The molecule has 0 unspecified atom stereocenters. The van der Waals surface area contributed by atoms with Crippen LogP contribution in [0.5, 0.6) is 5.75 Å². The number of carbonyl (C=O) groups excluding carboxylic acids is 1. The molecule has 0 spiro atoms. The van der Waals surface area contributed by atoms with Crippen molar-refractivity contribution in [2.75, 3.05) is 5.32 Å². The van der Waals surface area contributed by atoms with E-state index in [4.69, 9.17) is 0 Å². The summed E-state index contributed by atoms with van der Waals surface area (Å²) in [5.41, 5.74) is 0.242. The van der Waals surface area contributed by atoms with Gasteiger partial charge in [0.2, 0.25) is 5.91 Å². The second kappa shape index (κ2) is 5.29. The van der Waals surface area contributed by atoms with E-state index in [2.05, 4.69) is 10.1 Å². The smallest absolute Gasteiger partial charge is 0.387 e. The fourth-order valence-electron chi connectivity index (χ4n) is 1.68. The van der Waals surface area contributed by atoms with Gasteiger partial charge in [0.15, 0.2) is 11.6 Å². The summed E-state index contributed by atoms with van der Waals surface area (Å²) in [6.45, 7) is -3.07. The maximum Gasteiger partial charge on any atom is 0.387 e. The third kappa shape index (κ3) is 2.94. The van der Waals surface area contributed by atoms with Gasteiger partial charge in [0.05, 0.1) is 0 Å². The van der Waals surface area contributed by atoms with Gasteiger partial charge in [-0.2, -0.15) is 8.78 Å². The number of carbonyl (C=O) groups is 1. The van der Waals surface area contributed by atoms with Crippen molar-refractivity contribution in [1.82, 2.24) is 0 Å². The lowest BCUT2D eigenvalue weighted by molar-refractivity contribution is -0.122. The van der Waals surface area contributed by atoms with Gasteiger partial charge in [0.1, 0.15) is 0 Å². The van der Waals surface area contributed by atoms with Crippen LogP contribution in [-0.2, 0) is 4.79 Å². The van der Waals surface area contributed by atoms with Crippen molar-refractivity contribution in [3.05, 3.63) is 24.0 Å². The number of rotatable bonds is 4. The molecule has 2 rings (SSSR count). The highest BCUT2D eigenvalue weighted by atomic mass is 19.3. The Kier molecular flexibility index (Phi) is 3.74. The Hall–Kier alpha value is -1.72. The molecule has 1 fully saturated rings. The van der Waals surface area contributed by atoms with Crippen molar-refractivity contribution in [3.63, 3.8) is 0 Å². The summed E-state index contributed by atoms with van der Waals surface area (Å²) >= 11 is 0. The quantitative estimate of drug-likeness (QED) is 0.901. The minimum Gasteiger partial charge on any atom is -0.432 e. The standard InChI is InChI=1S/C12H12F3NO2/c13-9-6-8(4-5-10(9)18-12(14)15)16-11(17)7-2-1-3-7/h4-7,12H,1-3H2,(H,16,17). The number of hydrogen-bond donors (Lipinski definition) is 1. The van der Waals surface area contributed by atoms with E-state index < -0.39 is 18.2 Å². The number of alkyl halides is 2. The second-order valence-electron chi connectivity index (χ2n) is 4.14. The van der Waals surface area contributed by atoms with Gasteiger partial charge >= 0.3 is 6.61 Å². The van der Waals surface area contributed by atoms with Crippen LogP contribution < -0.4 is 10.1 Å². The SMILES string of the molecule is O=C(Nc1ccc(OC(F)F)c(F)c1)C1CCC1. The molecule has 0 atom stereocenters. The Morgan fingerprint density at radius 3 is 2.61 bits per heavy atom. The Balaban J connectivity index is 2.01. The topological polar surface area (TPSA) is 38.3 Å². The molecule has 1 amide bonds. The number of halogens is 3. The van der Waals surface area contributed by atoms with Crippen molar-refractivity contribution in [2.45, 2.75) is 25.9 Å². The number of anilines is 1. The number of benzene rings is 1. The third-order valence-corrected chi connectivity index (χ3v) is 2.89. The molecule has 1 aromatic rings. The maximum atomic E-state index is 13.3. The largest absolute Gasteiger partial charge is 0.432 e. The summed E-state index contributed by atoms with van der Waals surface area (Å²) in [4.78, 5) is 11.6. The molecule has 0 aliphatic heterocycles. The first-order chi connectivity index (χ1) is 8.56. The predicted octanol–water partition coefficient (Wildman–Crippen LogP) is 3.17. The molecule has 1 aliphatic rings. The lowest BCUT2D eigenvalue weighted by Crippen LogP contribution is -2.28. The van der Waals surface area contributed by atoms with Crippen molar-refractivity contribution >= 4 is 11.6 Å². The van der Waals surface area contributed by atoms with E-state index >= 15 is 0 Å². The minimum absolute atomic E-state index is 0.0231. The highest BCUT2D eigenvalue weighted by Gasteiger charge is 2.25. The zero-order valence-electron chi connectivity index (χ0n) is 9.46. The first-order valence-electron chi connectivity index (χ1n) is 5.61. The molecule has 3 nitrogen and oxygen atoms in total. The molecule has 6 heteroatoms. The van der Waals surface area contributed by atoms with Crippen LogP contribution in [0.3, 0.4) is 0 Å². The monoisotopic (exact) mass is 259 g/mol. The van der Waals surface area contributed by atoms with Gasteiger partial charge < -0.3 is 10.1 Å². The van der Waals surface area contributed by atoms with Gasteiger partial charge in [-0.25, -0.2) is 4.39 Å². The molecule has 0 aromatic heterocycles. The summed E-state index contributed by atoms with van der Waals surface area (Å²) in [5.74, 6) is -1.65. The Morgan fingerprint density at radius 2 is 2.11 bits per heavy atom. The zero-order valence-corrected chi connectivity index (χ0v) is 9.46. The van der Waals surface area contributed by atoms with Gasteiger partial charge in [0.25, 0.3) is 0 Å². The van der Waals surface area contributed by atoms with Crippen LogP contribution in [0.4, 0.5) is 18.9 Å². The van der Waals surface area contributed by atoms with Crippen LogP contribution in [0.15, 0.2) is 18.2 Å².